The Morgan fingerprint density at radius 2 is 2.24 bits per heavy atom. The average molecular weight is 256 g/mol. The quantitative estimate of drug-likeness (QED) is 0.603. The molecule has 1 unspecified atom stereocenters. The fraction of sp³-hybridized carbons (Fsp3) is 0.364. The number of esters is 1. The van der Waals surface area contributed by atoms with E-state index < -0.39 is 16.8 Å². The van der Waals surface area contributed by atoms with E-state index in [0.29, 0.717) is 29.2 Å². The number of hydrogen-bond donors (Lipinski definition) is 2. The molecule has 0 aliphatic rings. The van der Waals surface area contributed by atoms with E-state index in [9.17, 15) is 9.00 Å². The number of hydrogen-bond acceptors (Lipinski definition) is 5. The molecule has 1 aromatic carbocycles. The van der Waals surface area contributed by atoms with Gasteiger partial charge < -0.3 is 15.8 Å². The maximum atomic E-state index is 11.4. The van der Waals surface area contributed by atoms with Crippen LogP contribution in [0.5, 0.6) is 0 Å². The van der Waals surface area contributed by atoms with Crippen molar-refractivity contribution in [2.75, 3.05) is 36.7 Å². The summed E-state index contributed by atoms with van der Waals surface area (Å²) in [5.74, 6) is 0.0623. The zero-order valence-electron chi connectivity index (χ0n) is 9.86. The maximum Gasteiger partial charge on any atom is 0.340 e. The van der Waals surface area contributed by atoms with Gasteiger partial charge >= 0.3 is 5.97 Å². The van der Waals surface area contributed by atoms with Crippen molar-refractivity contribution in [2.24, 2.45) is 0 Å². The van der Waals surface area contributed by atoms with Crippen molar-refractivity contribution in [3.05, 3.63) is 23.8 Å². The summed E-state index contributed by atoms with van der Waals surface area (Å²) in [5.41, 5.74) is 7.17. The van der Waals surface area contributed by atoms with Gasteiger partial charge in [0.05, 0.1) is 24.0 Å². The number of methoxy groups -OCH3 is 1. The van der Waals surface area contributed by atoms with E-state index in [1.165, 1.54) is 7.11 Å². The van der Waals surface area contributed by atoms with Crippen LogP contribution in [0.2, 0.25) is 0 Å². The number of carbonyl (C=O) groups is 1. The second-order valence-electron chi connectivity index (χ2n) is 3.46. The Morgan fingerprint density at radius 1 is 1.53 bits per heavy atom. The van der Waals surface area contributed by atoms with Crippen molar-refractivity contribution in [3.8, 4) is 0 Å². The third kappa shape index (κ3) is 3.74. The van der Waals surface area contributed by atoms with E-state index >= 15 is 0 Å². The van der Waals surface area contributed by atoms with Crippen molar-refractivity contribution < 1.29 is 13.7 Å². The number of carbonyl (C=O) groups excluding carboxylic acids is 1. The molecule has 0 radical (unpaired) electrons. The molecule has 0 fully saturated rings. The molecule has 0 amide bonds. The minimum atomic E-state index is -0.857. The third-order valence-corrected chi connectivity index (χ3v) is 3.00. The predicted octanol–water partition coefficient (Wildman–Crippen LogP) is 0.846. The first-order valence-electron chi connectivity index (χ1n) is 5.07. The number of para-hydroxylation sites is 1. The normalized spacial score (nSPS) is 11.9. The van der Waals surface area contributed by atoms with Gasteiger partial charge in [-0.25, -0.2) is 4.79 Å². The Labute approximate surface area is 103 Å². The number of rotatable bonds is 5. The first-order valence-corrected chi connectivity index (χ1v) is 6.79. The topological polar surface area (TPSA) is 81.4 Å². The number of benzene rings is 1. The van der Waals surface area contributed by atoms with Crippen LogP contribution in [0.1, 0.15) is 10.4 Å². The monoisotopic (exact) mass is 256 g/mol. The molecule has 5 nitrogen and oxygen atoms in total. The molecule has 0 saturated carbocycles. The zero-order chi connectivity index (χ0) is 12.8. The molecule has 94 valence electrons. The Bertz CT molecular complexity index is 435. The molecule has 3 N–H and O–H groups in total. The summed E-state index contributed by atoms with van der Waals surface area (Å²) in [4.78, 5) is 11.4. The lowest BCUT2D eigenvalue weighted by atomic mass is 10.1. The summed E-state index contributed by atoms with van der Waals surface area (Å²) in [6.45, 7) is 0.540. The second-order valence-corrected chi connectivity index (χ2v) is 5.02. The van der Waals surface area contributed by atoms with E-state index in [1.54, 1.807) is 24.5 Å². The summed E-state index contributed by atoms with van der Waals surface area (Å²) in [5, 5.41) is 3.04. The van der Waals surface area contributed by atoms with Gasteiger partial charge in [-0.2, -0.15) is 0 Å². The van der Waals surface area contributed by atoms with E-state index in [2.05, 4.69) is 10.1 Å². The highest BCUT2D eigenvalue weighted by Gasteiger charge is 2.12. The summed E-state index contributed by atoms with van der Waals surface area (Å²) in [7, 11) is 0.451. The van der Waals surface area contributed by atoms with Crippen LogP contribution >= 0.6 is 0 Å². The molecular weight excluding hydrogens is 240 g/mol. The summed E-state index contributed by atoms with van der Waals surface area (Å²) >= 11 is 0. The minimum absolute atomic E-state index is 0.329. The van der Waals surface area contributed by atoms with Gasteiger partial charge in [0.15, 0.2) is 0 Å². The molecular formula is C11H16N2O3S. The lowest BCUT2D eigenvalue weighted by Gasteiger charge is -2.11. The number of nitrogens with two attached hydrogens (primary N) is 1. The van der Waals surface area contributed by atoms with Gasteiger partial charge in [-0.05, 0) is 12.1 Å². The average Bonchev–Trinajstić information content (AvgIpc) is 2.30. The first-order chi connectivity index (χ1) is 8.06. The van der Waals surface area contributed by atoms with Gasteiger partial charge in [0.25, 0.3) is 0 Å². The Hall–Kier alpha value is -1.56. The highest BCUT2D eigenvalue weighted by atomic mass is 32.2. The molecule has 1 atom stereocenters. The lowest BCUT2D eigenvalue weighted by Crippen LogP contribution is -2.13. The smallest absolute Gasteiger partial charge is 0.340 e. The third-order valence-electron chi connectivity index (χ3n) is 2.22. The van der Waals surface area contributed by atoms with Crippen molar-refractivity contribution in [1.82, 2.24) is 0 Å². The molecule has 17 heavy (non-hydrogen) atoms. The first kappa shape index (κ1) is 13.5. The van der Waals surface area contributed by atoms with Crippen molar-refractivity contribution in [2.45, 2.75) is 0 Å². The molecule has 0 aliphatic carbocycles. The predicted molar refractivity (Wildman–Crippen MR) is 69.6 cm³/mol. The Morgan fingerprint density at radius 3 is 2.82 bits per heavy atom. The fourth-order valence-corrected chi connectivity index (χ4v) is 1.73. The SMILES string of the molecule is COC(=O)c1cccc(NCCS(C)=O)c1N. The van der Waals surface area contributed by atoms with Crippen molar-refractivity contribution in [1.29, 1.82) is 0 Å². The van der Waals surface area contributed by atoms with Crippen LogP contribution < -0.4 is 11.1 Å². The molecule has 0 aliphatic heterocycles. The van der Waals surface area contributed by atoms with Gasteiger partial charge in [0.2, 0.25) is 0 Å². The lowest BCUT2D eigenvalue weighted by molar-refractivity contribution is 0.0602. The summed E-state index contributed by atoms with van der Waals surface area (Å²) in [6, 6.07) is 5.08. The Balaban J connectivity index is 2.80. The summed E-state index contributed by atoms with van der Waals surface area (Å²) in [6.07, 6.45) is 1.63. The van der Waals surface area contributed by atoms with Crippen molar-refractivity contribution >= 4 is 28.1 Å². The number of nitrogen functional groups attached to an aromatic ring is 1. The molecule has 1 aromatic rings. The van der Waals surface area contributed by atoms with E-state index in [-0.39, 0.29) is 0 Å². The fourth-order valence-electron chi connectivity index (χ4n) is 1.34. The van der Waals surface area contributed by atoms with Crippen LogP contribution in [0.25, 0.3) is 0 Å². The molecule has 0 aromatic heterocycles. The van der Waals surface area contributed by atoms with E-state index in [4.69, 9.17) is 5.73 Å². The summed E-state index contributed by atoms with van der Waals surface area (Å²) < 4.78 is 15.5. The van der Waals surface area contributed by atoms with Gasteiger partial charge in [-0.3, -0.25) is 4.21 Å². The number of anilines is 2. The van der Waals surface area contributed by atoms with E-state index in [0.717, 1.165) is 0 Å². The van der Waals surface area contributed by atoms with Crippen LogP contribution in [0.4, 0.5) is 11.4 Å². The largest absolute Gasteiger partial charge is 0.465 e. The van der Waals surface area contributed by atoms with Crippen LogP contribution in [0.15, 0.2) is 18.2 Å². The highest BCUT2D eigenvalue weighted by molar-refractivity contribution is 7.84. The van der Waals surface area contributed by atoms with Crippen LogP contribution in [0, 0.1) is 0 Å². The Kier molecular flexibility index (Phi) is 4.96. The van der Waals surface area contributed by atoms with E-state index in [1.807, 2.05) is 0 Å². The van der Waals surface area contributed by atoms with Gasteiger partial charge in [0, 0.05) is 29.4 Å². The molecule has 0 spiro atoms. The van der Waals surface area contributed by atoms with Crippen LogP contribution in [-0.2, 0) is 15.5 Å². The van der Waals surface area contributed by atoms with Crippen LogP contribution in [-0.4, -0.2) is 35.8 Å². The standard InChI is InChI=1S/C11H16N2O3S/c1-16-11(14)8-4-3-5-9(10(8)12)13-6-7-17(2)15/h3-5,13H,6-7,12H2,1-2H3. The van der Waals surface area contributed by atoms with Crippen LogP contribution in [0.3, 0.4) is 0 Å². The minimum Gasteiger partial charge on any atom is -0.465 e. The highest BCUT2D eigenvalue weighted by Crippen LogP contribution is 2.23. The van der Waals surface area contributed by atoms with Crippen molar-refractivity contribution in [3.63, 3.8) is 0 Å². The van der Waals surface area contributed by atoms with Gasteiger partial charge in [-0.15, -0.1) is 0 Å². The van der Waals surface area contributed by atoms with Gasteiger partial charge in [0.1, 0.15) is 0 Å². The number of nitrogens with one attached hydrogen (secondary N) is 1. The maximum absolute atomic E-state index is 11.4. The van der Waals surface area contributed by atoms with Gasteiger partial charge in [-0.1, -0.05) is 6.07 Å². The zero-order valence-corrected chi connectivity index (χ0v) is 10.7. The molecule has 0 saturated heterocycles. The molecule has 6 heteroatoms. The molecule has 1 rings (SSSR count). The number of ether oxygens (including phenoxy) is 1. The molecule has 0 bridgehead atoms. The molecule has 0 heterocycles. The second kappa shape index (κ2) is 6.24.